The average molecular weight is 335 g/mol. The van der Waals surface area contributed by atoms with E-state index in [9.17, 15) is 4.79 Å². The largest absolute Gasteiger partial charge is 0.460 e. The fourth-order valence-corrected chi connectivity index (χ4v) is 3.42. The molecule has 5 nitrogen and oxygen atoms in total. The van der Waals surface area contributed by atoms with Crippen LogP contribution in [0.4, 0.5) is 0 Å². The number of aromatic nitrogens is 2. The molecule has 1 aliphatic rings. The summed E-state index contributed by atoms with van der Waals surface area (Å²) >= 11 is 0. The van der Waals surface area contributed by atoms with E-state index in [1.807, 2.05) is 30.3 Å². The van der Waals surface area contributed by atoms with Gasteiger partial charge in [0.05, 0.1) is 12.2 Å². The van der Waals surface area contributed by atoms with Gasteiger partial charge < -0.3 is 14.7 Å². The molecule has 5 heteroatoms. The maximum atomic E-state index is 12.0. The van der Waals surface area contributed by atoms with Crippen molar-refractivity contribution in [3.8, 4) is 11.3 Å². The van der Waals surface area contributed by atoms with Crippen LogP contribution in [0.1, 0.15) is 35.4 Å². The summed E-state index contributed by atoms with van der Waals surface area (Å²) in [6, 6.07) is 9.86. The predicted molar refractivity (Wildman–Crippen MR) is 96.2 cm³/mol. The molecule has 0 saturated carbocycles. The van der Waals surface area contributed by atoms with Crippen molar-refractivity contribution in [2.45, 2.75) is 38.8 Å². The monoisotopic (exact) mass is 335 g/mol. The van der Waals surface area contributed by atoms with Gasteiger partial charge in [-0.05, 0) is 55.5 Å². The standard InChI is InChI=1S/C20H21N3O2/c24-20-17-7-2-1-6-16(17)18(13-23-20)19-9-8-15(25-19)12-21-11-14-5-3-4-10-22-14/h3-5,8-10,13,21H,1-2,6-7,11-12H2,(H,23,24). The summed E-state index contributed by atoms with van der Waals surface area (Å²) in [7, 11) is 0. The smallest absolute Gasteiger partial charge is 0.251 e. The van der Waals surface area contributed by atoms with Crippen LogP contribution in [-0.2, 0) is 25.9 Å². The molecule has 0 fully saturated rings. The van der Waals surface area contributed by atoms with Gasteiger partial charge in [0.15, 0.2) is 0 Å². The Labute approximate surface area is 146 Å². The molecular formula is C20H21N3O2. The van der Waals surface area contributed by atoms with E-state index in [0.29, 0.717) is 13.1 Å². The zero-order chi connectivity index (χ0) is 17.1. The second-order valence-corrected chi connectivity index (χ2v) is 6.39. The topological polar surface area (TPSA) is 70.9 Å². The van der Waals surface area contributed by atoms with Crippen LogP contribution in [0, 0.1) is 0 Å². The highest BCUT2D eigenvalue weighted by molar-refractivity contribution is 5.63. The minimum absolute atomic E-state index is 0.0438. The lowest BCUT2D eigenvalue weighted by atomic mass is 9.89. The Bertz CT molecular complexity index is 912. The Balaban J connectivity index is 1.49. The molecule has 1 aliphatic carbocycles. The zero-order valence-corrected chi connectivity index (χ0v) is 14.0. The number of fused-ring (bicyclic) bond motifs is 1. The second kappa shape index (κ2) is 7.07. The second-order valence-electron chi connectivity index (χ2n) is 6.39. The molecule has 0 saturated heterocycles. The molecule has 0 atom stereocenters. The van der Waals surface area contributed by atoms with Gasteiger partial charge in [-0.2, -0.15) is 0 Å². The lowest BCUT2D eigenvalue weighted by Crippen LogP contribution is -2.19. The maximum Gasteiger partial charge on any atom is 0.251 e. The van der Waals surface area contributed by atoms with Crippen molar-refractivity contribution in [1.82, 2.24) is 15.3 Å². The summed E-state index contributed by atoms with van der Waals surface area (Å²) in [6.07, 6.45) is 7.60. The van der Waals surface area contributed by atoms with Gasteiger partial charge in [0.25, 0.3) is 5.56 Å². The van der Waals surface area contributed by atoms with Crippen molar-refractivity contribution in [3.05, 3.63) is 75.7 Å². The van der Waals surface area contributed by atoms with E-state index in [-0.39, 0.29) is 5.56 Å². The number of H-pyrrole nitrogens is 1. The number of furan rings is 1. The van der Waals surface area contributed by atoms with Gasteiger partial charge in [-0.25, -0.2) is 0 Å². The maximum absolute atomic E-state index is 12.0. The van der Waals surface area contributed by atoms with Gasteiger partial charge in [0.1, 0.15) is 11.5 Å². The third-order valence-corrected chi connectivity index (χ3v) is 4.67. The van der Waals surface area contributed by atoms with E-state index in [0.717, 1.165) is 59.6 Å². The highest BCUT2D eigenvalue weighted by atomic mass is 16.3. The van der Waals surface area contributed by atoms with E-state index in [2.05, 4.69) is 15.3 Å². The van der Waals surface area contributed by atoms with E-state index >= 15 is 0 Å². The van der Waals surface area contributed by atoms with Gasteiger partial charge in [0.2, 0.25) is 0 Å². The molecule has 0 aliphatic heterocycles. The van der Waals surface area contributed by atoms with Gasteiger partial charge in [-0.15, -0.1) is 0 Å². The molecule has 0 spiro atoms. The number of nitrogens with zero attached hydrogens (tertiary/aromatic N) is 1. The summed E-state index contributed by atoms with van der Waals surface area (Å²) in [5.41, 5.74) is 4.14. The van der Waals surface area contributed by atoms with Crippen molar-refractivity contribution in [3.63, 3.8) is 0 Å². The average Bonchev–Trinajstić information content (AvgIpc) is 3.12. The third-order valence-electron chi connectivity index (χ3n) is 4.67. The SMILES string of the molecule is O=c1[nH]cc(-c2ccc(CNCc3ccccn3)o2)c2c1CCCC2. The number of nitrogens with one attached hydrogen (secondary N) is 2. The Hall–Kier alpha value is -2.66. The van der Waals surface area contributed by atoms with Crippen LogP contribution in [0.25, 0.3) is 11.3 Å². The number of hydrogen-bond acceptors (Lipinski definition) is 4. The van der Waals surface area contributed by atoms with Gasteiger partial charge in [0, 0.05) is 30.1 Å². The van der Waals surface area contributed by atoms with Crippen LogP contribution in [0.2, 0.25) is 0 Å². The van der Waals surface area contributed by atoms with Crippen LogP contribution in [-0.4, -0.2) is 9.97 Å². The molecule has 128 valence electrons. The van der Waals surface area contributed by atoms with Gasteiger partial charge in [-0.1, -0.05) is 6.07 Å². The van der Waals surface area contributed by atoms with Crippen LogP contribution in [0.3, 0.4) is 0 Å². The lowest BCUT2D eigenvalue weighted by Gasteiger charge is -2.17. The highest BCUT2D eigenvalue weighted by Gasteiger charge is 2.19. The molecule has 3 aromatic heterocycles. The first kappa shape index (κ1) is 15.8. The Morgan fingerprint density at radius 3 is 2.80 bits per heavy atom. The molecule has 2 N–H and O–H groups in total. The molecule has 0 amide bonds. The highest BCUT2D eigenvalue weighted by Crippen LogP contribution is 2.30. The molecular weight excluding hydrogens is 314 g/mol. The summed E-state index contributed by atoms with van der Waals surface area (Å²) < 4.78 is 6.01. The Morgan fingerprint density at radius 1 is 1.08 bits per heavy atom. The molecule has 0 radical (unpaired) electrons. The van der Waals surface area contributed by atoms with Crippen LogP contribution in [0.5, 0.6) is 0 Å². The van der Waals surface area contributed by atoms with Gasteiger partial charge in [-0.3, -0.25) is 9.78 Å². The Kier molecular flexibility index (Phi) is 4.48. The van der Waals surface area contributed by atoms with E-state index < -0.39 is 0 Å². The van der Waals surface area contributed by atoms with Crippen LogP contribution < -0.4 is 10.9 Å². The summed E-state index contributed by atoms with van der Waals surface area (Å²) in [5.74, 6) is 1.70. The zero-order valence-electron chi connectivity index (χ0n) is 14.0. The fourth-order valence-electron chi connectivity index (χ4n) is 3.42. The minimum atomic E-state index is 0.0438. The number of pyridine rings is 2. The lowest BCUT2D eigenvalue weighted by molar-refractivity contribution is 0.491. The molecule has 0 unspecified atom stereocenters. The molecule has 4 rings (SSSR count). The van der Waals surface area contributed by atoms with Gasteiger partial charge >= 0.3 is 0 Å². The van der Waals surface area contributed by atoms with E-state index in [4.69, 9.17) is 4.42 Å². The fraction of sp³-hybridized carbons (Fsp3) is 0.300. The summed E-state index contributed by atoms with van der Waals surface area (Å²) in [6.45, 7) is 1.34. The first-order valence-electron chi connectivity index (χ1n) is 8.74. The van der Waals surface area contributed by atoms with Crippen molar-refractivity contribution in [2.75, 3.05) is 0 Å². The first-order chi connectivity index (χ1) is 12.3. The predicted octanol–water partition coefficient (Wildman–Crippen LogP) is 3.20. The molecule has 0 aromatic carbocycles. The quantitative estimate of drug-likeness (QED) is 0.751. The molecule has 25 heavy (non-hydrogen) atoms. The summed E-state index contributed by atoms with van der Waals surface area (Å²) in [5, 5.41) is 3.34. The van der Waals surface area contributed by atoms with Crippen molar-refractivity contribution >= 4 is 0 Å². The molecule has 0 bridgehead atoms. The van der Waals surface area contributed by atoms with Crippen LogP contribution >= 0.6 is 0 Å². The third kappa shape index (κ3) is 3.42. The number of hydrogen-bond donors (Lipinski definition) is 2. The van der Waals surface area contributed by atoms with Crippen LogP contribution in [0.15, 0.2) is 51.9 Å². The van der Waals surface area contributed by atoms with Crippen molar-refractivity contribution < 1.29 is 4.42 Å². The van der Waals surface area contributed by atoms with E-state index in [1.165, 1.54) is 0 Å². The Morgan fingerprint density at radius 2 is 1.96 bits per heavy atom. The minimum Gasteiger partial charge on any atom is -0.460 e. The molecule has 3 heterocycles. The first-order valence-corrected chi connectivity index (χ1v) is 8.74. The van der Waals surface area contributed by atoms with E-state index in [1.54, 1.807) is 12.4 Å². The normalized spacial score (nSPS) is 13.6. The van der Waals surface area contributed by atoms with Crippen molar-refractivity contribution in [1.29, 1.82) is 0 Å². The number of rotatable bonds is 5. The summed E-state index contributed by atoms with van der Waals surface area (Å²) in [4.78, 5) is 19.2. The van der Waals surface area contributed by atoms with Crippen molar-refractivity contribution in [2.24, 2.45) is 0 Å². The number of aromatic amines is 1. The molecule has 3 aromatic rings.